The van der Waals surface area contributed by atoms with E-state index in [1.165, 1.54) is 11.1 Å². The summed E-state index contributed by atoms with van der Waals surface area (Å²) in [5, 5.41) is 4.21. The normalized spacial score (nSPS) is 15.6. The molecule has 0 unspecified atom stereocenters. The van der Waals surface area contributed by atoms with Gasteiger partial charge in [0.2, 0.25) is 0 Å². The van der Waals surface area contributed by atoms with Crippen molar-refractivity contribution >= 4 is 5.82 Å². The van der Waals surface area contributed by atoms with Gasteiger partial charge in [-0.3, -0.25) is 9.58 Å². The third-order valence-electron chi connectivity index (χ3n) is 3.52. The maximum atomic E-state index is 5.61. The summed E-state index contributed by atoms with van der Waals surface area (Å²) in [7, 11) is 0. The molecule has 0 bridgehead atoms. The SMILES string of the molecule is Nc1ccn(CCN2CCc3ccccc3C2)n1. The molecule has 18 heavy (non-hydrogen) atoms. The largest absolute Gasteiger partial charge is 0.382 e. The smallest absolute Gasteiger partial charge is 0.145 e. The van der Waals surface area contributed by atoms with E-state index in [9.17, 15) is 0 Å². The standard InChI is InChI=1S/C14H18N4/c15-14-6-8-18(16-14)10-9-17-7-5-12-3-1-2-4-13(12)11-17/h1-4,6,8H,5,7,9-11H2,(H2,15,16). The van der Waals surface area contributed by atoms with Crippen molar-refractivity contribution in [2.45, 2.75) is 19.5 Å². The third kappa shape index (κ3) is 2.38. The van der Waals surface area contributed by atoms with Gasteiger partial charge < -0.3 is 5.73 Å². The minimum atomic E-state index is 0.596. The molecule has 0 spiro atoms. The molecule has 0 aliphatic carbocycles. The number of rotatable bonds is 3. The Morgan fingerprint density at radius 1 is 1.11 bits per heavy atom. The van der Waals surface area contributed by atoms with Gasteiger partial charge in [-0.1, -0.05) is 24.3 Å². The van der Waals surface area contributed by atoms with E-state index in [1.807, 2.05) is 16.9 Å². The van der Waals surface area contributed by atoms with Crippen LogP contribution in [0, 0.1) is 0 Å². The van der Waals surface area contributed by atoms with E-state index in [4.69, 9.17) is 5.73 Å². The third-order valence-corrected chi connectivity index (χ3v) is 3.52. The molecule has 0 atom stereocenters. The quantitative estimate of drug-likeness (QED) is 0.887. The first kappa shape index (κ1) is 11.3. The van der Waals surface area contributed by atoms with Gasteiger partial charge in [0.15, 0.2) is 0 Å². The number of anilines is 1. The number of nitrogens with zero attached hydrogens (tertiary/aromatic N) is 3. The van der Waals surface area contributed by atoms with Crippen LogP contribution < -0.4 is 5.73 Å². The maximum Gasteiger partial charge on any atom is 0.145 e. The van der Waals surface area contributed by atoms with Crippen molar-refractivity contribution in [3.8, 4) is 0 Å². The van der Waals surface area contributed by atoms with Gasteiger partial charge in [0.1, 0.15) is 5.82 Å². The molecular formula is C14H18N4. The lowest BCUT2D eigenvalue weighted by Gasteiger charge is -2.28. The Morgan fingerprint density at radius 3 is 2.72 bits per heavy atom. The van der Waals surface area contributed by atoms with Crippen LogP contribution in [0.3, 0.4) is 0 Å². The topological polar surface area (TPSA) is 47.1 Å². The van der Waals surface area contributed by atoms with Crippen LogP contribution >= 0.6 is 0 Å². The van der Waals surface area contributed by atoms with Crippen LogP contribution in [0.1, 0.15) is 11.1 Å². The fourth-order valence-corrected chi connectivity index (χ4v) is 2.49. The molecule has 1 aliphatic rings. The summed E-state index contributed by atoms with van der Waals surface area (Å²) in [4.78, 5) is 2.47. The summed E-state index contributed by atoms with van der Waals surface area (Å²) in [6.07, 6.45) is 3.09. The van der Waals surface area contributed by atoms with E-state index >= 15 is 0 Å². The molecule has 94 valence electrons. The van der Waals surface area contributed by atoms with Gasteiger partial charge in [0, 0.05) is 25.8 Å². The number of fused-ring (bicyclic) bond motifs is 1. The van der Waals surface area contributed by atoms with Crippen molar-refractivity contribution in [3.05, 3.63) is 47.7 Å². The zero-order valence-corrected chi connectivity index (χ0v) is 10.4. The van der Waals surface area contributed by atoms with Crippen molar-refractivity contribution in [3.63, 3.8) is 0 Å². The Morgan fingerprint density at radius 2 is 1.94 bits per heavy atom. The highest BCUT2D eigenvalue weighted by molar-refractivity contribution is 5.29. The summed E-state index contributed by atoms with van der Waals surface area (Å²) in [5.41, 5.74) is 8.56. The molecule has 4 nitrogen and oxygen atoms in total. The van der Waals surface area contributed by atoms with E-state index in [2.05, 4.69) is 34.3 Å². The van der Waals surface area contributed by atoms with Crippen LogP contribution in [0.2, 0.25) is 0 Å². The molecule has 1 aliphatic heterocycles. The summed E-state index contributed by atoms with van der Waals surface area (Å²) < 4.78 is 1.91. The zero-order chi connectivity index (χ0) is 12.4. The summed E-state index contributed by atoms with van der Waals surface area (Å²) in [6.45, 7) is 4.11. The minimum absolute atomic E-state index is 0.596. The first-order valence-electron chi connectivity index (χ1n) is 6.39. The number of aromatic nitrogens is 2. The highest BCUT2D eigenvalue weighted by atomic mass is 15.3. The summed E-state index contributed by atoms with van der Waals surface area (Å²) in [5.74, 6) is 0.596. The number of hydrogen-bond donors (Lipinski definition) is 1. The number of benzene rings is 1. The van der Waals surface area contributed by atoms with Crippen LogP contribution in [-0.2, 0) is 19.5 Å². The van der Waals surface area contributed by atoms with Gasteiger partial charge in [-0.2, -0.15) is 5.10 Å². The maximum absolute atomic E-state index is 5.61. The zero-order valence-electron chi connectivity index (χ0n) is 10.4. The first-order valence-corrected chi connectivity index (χ1v) is 6.39. The van der Waals surface area contributed by atoms with Crippen LogP contribution in [-0.4, -0.2) is 27.8 Å². The molecular weight excluding hydrogens is 224 g/mol. The Labute approximate surface area is 107 Å². The van der Waals surface area contributed by atoms with E-state index in [0.29, 0.717) is 5.82 Å². The Bertz CT molecular complexity index is 532. The second-order valence-corrected chi connectivity index (χ2v) is 4.80. The molecule has 1 aromatic carbocycles. The molecule has 3 rings (SSSR count). The van der Waals surface area contributed by atoms with Gasteiger partial charge in [-0.25, -0.2) is 0 Å². The molecule has 0 fully saturated rings. The molecule has 1 aromatic heterocycles. The monoisotopic (exact) mass is 242 g/mol. The van der Waals surface area contributed by atoms with Crippen LogP contribution in [0.15, 0.2) is 36.5 Å². The van der Waals surface area contributed by atoms with Crippen molar-refractivity contribution in [1.29, 1.82) is 0 Å². The molecule has 2 N–H and O–H groups in total. The number of hydrogen-bond acceptors (Lipinski definition) is 3. The molecule has 0 amide bonds. The van der Waals surface area contributed by atoms with Crippen molar-refractivity contribution in [2.24, 2.45) is 0 Å². The first-order chi connectivity index (χ1) is 8.81. The average molecular weight is 242 g/mol. The number of nitrogens with two attached hydrogens (primary N) is 1. The second kappa shape index (κ2) is 4.82. The van der Waals surface area contributed by atoms with Crippen LogP contribution in [0.25, 0.3) is 0 Å². The fourth-order valence-electron chi connectivity index (χ4n) is 2.49. The highest BCUT2D eigenvalue weighted by Gasteiger charge is 2.15. The van der Waals surface area contributed by atoms with Crippen molar-refractivity contribution in [1.82, 2.24) is 14.7 Å². The lowest BCUT2D eigenvalue weighted by molar-refractivity contribution is 0.240. The van der Waals surface area contributed by atoms with Gasteiger partial charge in [-0.15, -0.1) is 0 Å². The van der Waals surface area contributed by atoms with Gasteiger partial charge in [0.05, 0.1) is 6.54 Å². The lowest BCUT2D eigenvalue weighted by Crippen LogP contribution is -2.33. The molecule has 4 heteroatoms. The lowest BCUT2D eigenvalue weighted by atomic mass is 10.00. The second-order valence-electron chi connectivity index (χ2n) is 4.80. The van der Waals surface area contributed by atoms with E-state index in [1.54, 1.807) is 0 Å². The predicted molar refractivity (Wildman–Crippen MR) is 72.1 cm³/mol. The molecule has 2 aromatic rings. The van der Waals surface area contributed by atoms with Crippen molar-refractivity contribution < 1.29 is 0 Å². The predicted octanol–water partition coefficient (Wildman–Crippen LogP) is 1.52. The summed E-state index contributed by atoms with van der Waals surface area (Å²) in [6, 6.07) is 10.6. The Hall–Kier alpha value is -1.81. The van der Waals surface area contributed by atoms with Gasteiger partial charge in [-0.05, 0) is 23.6 Å². The van der Waals surface area contributed by atoms with Crippen LogP contribution in [0.4, 0.5) is 5.82 Å². The molecule has 0 radical (unpaired) electrons. The van der Waals surface area contributed by atoms with Crippen molar-refractivity contribution in [2.75, 3.05) is 18.8 Å². The Kier molecular flexibility index (Phi) is 3.02. The van der Waals surface area contributed by atoms with E-state index in [0.717, 1.165) is 32.6 Å². The van der Waals surface area contributed by atoms with Gasteiger partial charge >= 0.3 is 0 Å². The number of nitrogen functional groups attached to an aromatic ring is 1. The summed E-state index contributed by atoms with van der Waals surface area (Å²) >= 11 is 0. The van der Waals surface area contributed by atoms with E-state index in [-0.39, 0.29) is 0 Å². The minimum Gasteiger partial charge on any atom is -0.382 e. The van der Waals surface area contributed by atoms with Crippen LogP contribution in [0.5, 0.6) is 0 Å². The molecule has 0 saturated heterocycles. The molecule has 0 saturated carbocycles. The van der Waals surface area contributed by atoms with Gasteiger partial charge in [0.25, 0.3) is 0 Å². The average Bonchev–Trinajstić information content (AvgIpc) is 2.82. The highest BCUT2D eigenvalue weighted by Crippen LogP contribution is 2.18. The Balaban J connectivity index is 1.59. The van der Waals surface area contributed by atoms with E-state index < -0.39 is 0 Å². The molecule has 2 heterocycles. The fraction of sp³-hybridized carbons (Fsp3) is 0.357.